The van der Waals surface area contributed by atoms with Crippen molar-refractivity contribution in [3.05, 3.63) is 0 Å². The number of nitrogens with one attached hydrogen (secondary N) is 1. The van der Waals surface area contributed by atoms with Crippen LogP contribution in [0.2, 0.25) is 0 Å². The lowest BCUT2D eigenvalue weighted by Gasteiger charge is -2.14. The molecule has 0 spiro atoms. The van der Waals surface area contributed by atoms with E-state index in [1.165, 1.54) is 7.11 Å². The molecule has 0 aliphatic rings. The van der Waals surface area contributed by atoms with Crippen molar-refractivity contribution in [2.45, 2.75) is 12.5 Å². The molecule has 0 radical (unpaired) electrons. The van der Waals surface area contributed by atoms with Gasteiger partial charge in [-0.25, -0.2) is 4.79 Å². The van der Waals surface area contributed by atoms with Crippen LogP contribution < -0.4 is 11.1 Å². The maximum absolute atomic E-state index is 11.1. The van der Waals surface area contributed by atoms with Gasteiger partial charge in [0.05, 0.1) is 27.2 Å². The minimum Gasteiger partial charge on any atom is -0.469 e. The van der Waals surface area contributed by atoms with Gasteiger partial charge in [-0.05, 0) is 0 Å². The Bertz CT molecular complexity index is 235. The summed E-state index contributed by atoms with van der Waals surface area (Å²) in [7, 11) is 2.34. The first-order valence-corrected chi connectivity index (χ1v) is 4.19. The zero-order chi connectivity index (χ0) is 11.8. The summed E-state index contributed by atoms with van der Waals surface area (Å²) >= 11 is 0. The smallest absolute Gasteiger partial charge is 0.328 e. The Labute approximate surface area is 86.9 Å². The Morgan fingerprint density at radius 3 is 2.27 bits per heavy atom. The van der Waals surface area contributed by atoms with E-state index >= 15 is 0 Å². The van der Waals surface area contributed by atoms with Crippen LogP contribution in [-0.4, -0.2) is 44.7 Å². The predicted octanol–water partition coefficient (Wildman–Crippen LogP) is -1.83. The van der Waals surface area contributed by atoms with Gasteiger partial charge in [-0.1, -0.05) is 0 Å². The average molecular weight is 218 g/mol. The molecular formula is C8H14N2O5. The van der Waals surface area contributed by atoms with Gasteiger partial charge in [0.15, 0.2) is 0 Å². The van der Waals surface area contributed by atoms with Crippen LogP contribution in [0.15, 0.2) is 0 Å². The first-order valence-electron chi connectivity index (χ1n) is 4.19. The van der Waals surface area contributed by atoms with Crippen molar-refractivity contribution < 1.29 is 23.9 Å². The first-order chi connectivity index (χ1) is 7.04. The van der Waals surface area contributed by atoms with Gasteiger partial charge in [-0.2, -0.15) is 0 Å². The maximum atomic E-state index is 11.1. The largest absolute Gasteiger partial charge is 0.469 e. The summed E-state index contributed by atoms with van der Waals surface area (Å²) in [5.41, 5.74) is 5.04. The zero-order valence-electron chi connectivity index (χ0n) is 8.61. The van der Waals surface area contributed by atoms with Crippen LogP contribution in [-0.2, 0) is 23.9 Å². The van der Waals surface area contributed by atoms with Crippen LogP contribution in [0, 0.1) is 0 Å². The Balaban J connectivity index is 4.37. The molecule has 0 heterocycles. The van der Waals surface area contributed by atoms with Gasteiger partial charge in [0.2, 0.25) is 5.91 Å². The van der Waals surface area contributed by atoms with Crippen molar-refractivity contribution in [3.8, 4) is 0 Å². The zero-order valence-corrected chi connectivity index (χ0v) is 8.61. The van der Waals surface area contributed by atoms with Crippen molar-refractivity contribution in [2.75, 3.05) is 20.8 Å². The Morgan fingerprint density at radius 1 is 1.27 bits per heavy atom. The molecule has 0 bridgehead atoms. The predicted molar refractivity (Wildman–Crippen MR) is 49.6 cm³/mol. The molecule has 15 heavy (non-hydrogen) atoms. The second-order valence-corrected chi connectivity index (χ2v) is 2.63. The molecule has 0 fully saturated rings. The van der Waals surface area contributed by atoms with Crippen molar-refractivity contribution in [2.24, 2.45) is 5.73 Å². The molecule has 3 N–H and O–H groups in total. The lowest BCUT2D eigenvalue weighted by molar-refractivity contribution is -0.150. The summed E-state index contributed by atoms with van der Waals surface area (Å²) in [5, 5.41) is 2.24. The molecule has 7 nitrogen and oxygen atoms in total. The highest BCUT2D eigenvalue weighted by Crippen LogP contribution is 1.97. The Hall–Kier alpha value is -1.63. The monoisotopic (exact) mass is 218 g/mol. The first kappa shape index (κ1) is 13.4. The van der Waals surface area contributed by atoms with Crippen LogP contribution in [0.5, 0.6) is 0 Å². The molecular weight excluding hydrogens is 204 g/mol. The van der Waals surface area contributed by atoms with E-state index in [4.69, 9.17) is 5.73 Å². The lowest BCUT2D eigenvalue weighted by atomic mass is 10.2. The second kappa shape index (κ2) is 6.77. The molecule has 1 amide bonds. The molecule has 0 aromatic heterocycles. The van der Waals surface area contributed by atoms with Crippen LogP contribution >= 0.6 is 0 Å². The van der Waals surface area contributed by atoms with E-state index in [2.05, 4.69) is 14.8 Å². The van der Waals surface area contributed by atoms with Gasteiger partial charge in [0, 0.05) is 0 Å². The highest BCUT2D eigenvalue weighted by molar-refractivity contribution is 5.88. The van der Waals surface area contributed by atoms with Crippen molar-refractivity contribution in [1.82, 2.24) is 5.32 Å². The molecule has 0 rings (SSSR count). The number of amides is 1. The van der Waals surface area contributed by atoms with E-state index < -0.39 is 23.9 Å². The van der Waals surface area contributed by atoms with Gasteiger partial charge < -0.3 is 20.5 Å². The third-order valence-electron chi connectivity index (χ3n) is 1.60. The highest BCUT2D eigenvalue weighted by atomic mass is 16.5. The quantitative estimate of drug-likeness (QED) is 0.525. The topological polar surface area (TPSA) is 108 Å². The summed E-state index contributed by atoms with van der Waals surface area (Å²) in [6.07, 6.45) is -0.283. The molecule has 0 aromatic rings. The summed E-state index contributed by atoms with van der Waals surface area (Å²) in [5.74, 6) is -1.89. The fraction of sp³-hybridized carbons (Fsp3) is 0.625. The van der Waals surface area contributed by atoms with E-state index in [9.17, 15) is 14.4 Å². The number of hydrogen-bond donors (Lipinski definition) is 2. The Morgan fingerprint density at radius 2 is 1.87 bits per heavy atom. The van der Waals surface area contributed by atoms with Gasteiger partial charge in [0.25, 0.3) is 0 Å². The van der Waals surface area contributed by atoms with E-state index in [-0.39, 0.29) is 13.0 Å². The van der Waals surface area contributed by atoms with Crippen LogP contribution in [0.4, 0.5) is 0 Å². The molecule has 0 unspecified atom stereocenters. The van der Waals surface area contributed by atoms with Crippen molar-refractivity contribution in [1.29, 1.82) is 0 Å². The molecule has 0 saturated heterocycles. The maximum Gasteiger partial charge on any atom is 0.328 e. The third kappa shape index (κ3) is 4.96. The van der Waals surface area contributed by atoms with E-state index in [1.54, 1.807) is 0 Å². The number of methoxy groups -OCH3 is 2. The molecule has 86 valence electrons. The molecule has 0 aliphatic heterocycles. The number of ether oxygens (including phenoxy) is 2. The third-order valence-corrected chi connectivity index (χ3v) is 1.60. The molecule has 0 aromatic carbocycles. The summed E-state index contributed by atoms with van der Waals surface area (Å²) in [6.45, 7) is -0.269. The van der Waals surface area contributed by atoms with Gasteiger partial charge >= 0.3 is 11.9 Å². The number of carbonyl (C=O) groups is 3. The molecule has 1 atom stereocenters. The summed E-state index contributed by atoms with van der Waals surface area (Å²) < 4.78 is 8.76. The average Bonchev–Trinajstić information content (AvgIpc) is 2.26. The molecule has 7 heteroatoms. The number of esters is 2. The van der Waals surface area contributed by atoms with Gasteiger partial charge in [0.1, 0.15) is 6.04 Å². The van der Waals surface area contributed by atoms with E-state index in [0.29, 0.717) is 0 Å². The normalized spacial score (nSPS) is 11.4. The number of rotatable bonds is 5. The fourth-order valence-electron chi connectivity index (χ4n) is 0.839. The summed E-state index contributed by atoms with van der Waals surface area (Å²) in [4.78, 5) is 32.9. The minimum absolute atomic E-state index is 0.269. The molecule has 0 aliphatic carbocycles. The number of nitrogens with two attached hydrogens (primary N) is 1. The van der Waals surface area contributed by atoms with E-state index in [0.717, 1.165) is 7.11 Å². The highest BCUT2D eigenvalue weighted by Gasteiger charge is 2.24. The van der Waals surface area contributed by atoms with Crippen molar-refractivity contribution >= 4 is 17.8 Å². The molecule has 0 saturated carbocycles. The summed E-state index contributed by atoms with van der Waals surface area (Å²) in [6, 6.07) is -1.06. The van der Waals surface area contributed by atoms with Gasteiger partial charge in [-0.15, -0.1) is 0 Å². The standard InChI is InChI=1S/C8H14N2O5/c1-14-7(12)3-5(8(13)15-2)10-6(11)4-9/h5H,3-4,9H2,1-2H3,(H,10,11)/t5-/m1/s1. The van der Waals surface area contributed by atoms with Crippen LogP contribution in [0.3, 0.4) is 0 Å². The second-order valence-electron chi connectivity index (χ2n) is 2.63. The van der Waals surface area contributed by atoms with Crippen molar-refractivity contribution in [3.63, 3.8) is 0 Å². The Kier molecular flexibility index (Phi) is 6.03. The number of hydrogen-bond acceptors (Lipinski definition) is 6. The van der Waals surface area contributed by atoms with Crippen LogP contribution in [0.1, 0.15) is 6.42 Å². The van der Waals surface area contributed by atoms with Crippen LogP contribution in [0.25, 0.3) is 0 Å². The van der Waals surface area contributed by atoms with E-state index in [1.807, 2.05) is 0 Å². The number of carbonyl (C=O) groups excluding carboxylic acids is 3. The lowest BCUT2D eigenvalue weighted by Crippen LogP contribution is -2.45. The fourth-order valence-corrected chi connectivity index (χ4v) is 0.839. The SMILES string of the molecule is COC(=O)C[C@@H](NC(=O)CN)C(=O)OC. The van der Waals surface area contributed by atoms with Gasteiger partial charge in [-0.3, -0.25) is 9.59 Å². The minimum atomic E-state index is -1.06.